The molecule has 3 aromatic heterocycles. The first-order chi connectivity index (χ1) is 14.4. The van der Waals surface area contributed by atoms with Crippen molar-refractivity contribution in [2.45, 2.75) is 0 Å². The summed E-state index contributed by atoms with van der Waals surface area (Å²) in [5.74, 6) is 0. The zero-order chi connectivity index (χ0) is 18.9. The summed E-state index contributed by atoms with van der Waals surface area (Å²) in [5.41, 5.74) is 7.57. The van der Waals surface area contributed by atoms with Crippen LogP contribution in [0.15, 0.2) is 101 Å². The second kappa shape index (κ2) is 5.30. The molecule has 7 rings (SSSR count). The molecule has 4 aromatic carbocycles. The van der Waals surface area contributed by atoms with Gasteiger partial charge in [0.05, 0.1) is 22.1 Å². The lowest BCUT2D eigenvalue weighted by Gasteiger charge is -2.07. The highest BCUT2D eigenvalue weighted by Crippen LogP contribution is 2.37. The van der Waals surface area contributed by atoms with Gasteiger partial charge in [-0.15, -0.1) is 0 Å². The standard InChI is InChI=1S/C26H16N2O/c1-2-9-18(10-3-1)27-22-13-7-5-11-19(22)20-15-24-25(16-23(20)27)29-26-14-17-8-4-6-12-21(17)28(24)26/h1-16H. The van der Waals surface area contributed by atoms with Crippen molar-refractivity contribution in [1.82, 2.24) is 8.97 Å². The van der Waals surface area contributed by atoms with E-state index in [-0.39, 0.29) is 0 Å². The van der Waals surface area contributed by atoms with Crippen LogP contribution in [0.25, 0.3) is 55.2 Å². The first-order valence-electron chi connectivity index (χ1n) is 9.80. The third-order valence-electron chi connectivity index (χ3n) is 5.90. The average Bonchev–Trinajstić information content (AvgIpc) is 3.40. The zero-order valence-electron chi connectivity index (χ0n) is 15.5. The number of rotatable bonds is 1. The fraction of sp³-hybridized carbons (Fsp3) is 0. The molecule has 0 atom stereocenters. The summed E-state index contributed by atoms with van der Waals surface area (Å²) < 4.78 is 10.8. The first-order valence-corrected chi connectivity index (χ1v) is 9.80. The Kier molecular flexibility index (Phi) is 2.74. The van der Waals surface area contributed by atoms with Crippen molar-refractivity contribution < 1.29 is 4.42 Å². The summed E-state index contributed by atoms with van der Waals surface area (Å²) in [6.07, 6.45) is 0. The van der Waals surface area contributed by atoms with Gasteiger partial charge in [-0.05, 0) is 30.3 Å². The van der Waals surface area contributed by atoms with Gasteiger partial charge in [-0.25, -0.2) is 0 Å². The van der Waals surface area contributed by atoms with Crippen LogP contribution in [-0.2, 0) is 0 Å². The van der Waals surface area contributed by atoms with E-state index in [2.05, 4.69) is 106 Å². The third kappa shape index (κ3) is 1.91. The Hall–Kier alpha value is -3.98. The van der Waals surface area contributed by atoms with Crippen molar-refractivity contribution >= 4 is 49.5 Å². The molecule has 0 amide bonds. The number of oxazole rings is 1. The second-order valence-corrected chi connectivity index (χ2v) is 7.50. The molecule has 0 unspecified atom stereocenters. The zero-order valence-corrected chi connectivity index (χ0v) is 15.5. The summed E-state index contributed by atoms with van der Waals surface area (Å²) in [4.78, 5) is 0. The summed E-state index contributed by atoms with van der Waals surface area (Å²) >= 11 is 0. The van der Waals surface area contributed by atoms with Gasteiger partial charge in [0.25, 0.3) is 0 Å². The second-order valence-electron chi connectivity index (χ2n) is 7.50. The normalized spacial score (nSPS) is 12.1. The van der Waals surface area contributed by atoms with Gasteiger partial charge in [-0.1, -0.05) is 54.6 Å². The minimum atomic E-state index is 0.879. The van der Waals surface area contributed by atoms with Gasteiger partial charge in [-0.3, -0.25) is 4.40 Å². The minimum Gasteiger partial charge on any atom is -0.438 e. The van der Waals surface area contributed by atoms with Gasteiger partial charge >= 0.3 is 0 Å². The van der Waals surface area contributed by atoms with Crippen LogP contribution in [0.1, 0.15) is 0 Å². The molecule has 0 aliphatic carbocycles. The molecule has 3 heterocycles. The first kappa shape index (κ1) is 15.0. The number of hydrogen-bond donors (Lipinski definition) is 0. The smallest absolute Gasteiger partial charge is 0.205 e. The fourth-order valence-corrected chi connectivity index (χ4v) is 4.66. The number of para-hydroxylation sites is 3. The Morgan fingerprint density at radius 2 is 1.31 bits per heavy atom. The van der Waals surface area contributed by atoms with E-state index in [0.717, 1.165) is 28.0 Å². The lowest BCUT2D eigenvalue weighted by molar-refractivity contribution is 0.657. The lowest BCUT2D eigenvalue weighted by Crippen LogP contribution is -1.92. The van der Waals surface area contributed by atoms with E-state index in [9.17, 15) is 0 Å². The van der Waals surface area contributed by atoms with Crippen LogP contribution < -0.4 is 0 Å². The Morgan fingerprint density at radius 3 is 2.21 bits per heavy atom. The monoisotopic (exact) mass is 372 g/mol. The number of nitrogens with zero attached hydrogens (tertiary/aromatic N) is 2. The molecular weight excluding hydrogens is 356 g/mol. The van der Waals surface area contributed by atoms with Gasteiger partial charge in [0, 0.05) is 34.0 Å². The maximum Gasteiger partial charge on any atom is 0.205 e. The lowest BCUT2D eigenvalue weighted by atomic mass is 10.1. The number of aromatic nitrogens is 2. The van der Waals surface area contributed by atoms with Gasteiger partial charge in [-0.2, -0.15) is 0 Å². The summed E-state index contributed by atoms with van der Waals surface area (Å²) in [6.45, 7) is 0. The van der Waals surface area contributed by atoms with Crippen LogP contribution in [0.4, 0.5) is 0 Å². The molecule has 136 valence electrons. The van der Waals surface area contributed by atoms with E-state index in [1.54, 1.807) is 0 Å². The molecular formula is C26H16N2O. The minimum absolute atomic E-state index is 0.879. The fourth-order valence-electron chi connectivity index (χ4n) is 4.66. The largest absolute Gasteiger partial charge is 0.438 e. The van der Waals surface area contributed by atoms with Crippen molar-refractivity contribution in [1.29, 1.82) is 0 Å². The molecule has 0 N–H and O–H groups in total. The molecule has 0 saturated heterocycles. The third-order valence-corrected chi connectivity index (χ3v) is 5.90. The van der Waals surface area contributed by atoms with Crippen molar-refractivity contribution in [3.63, 3.8) is 0 Å². The number of benzene rings is 4. The quantitative estimate of drug-likeness (QED) is 0.306. The average molecular weight is 372 g/mol. The number of fused-ring (bicyclic) bond motifs is 8. The molecule has 0 aliphatic heterocycles. The van der Waals surface area contributed by atoms with Crippen LogP contribution >= 0.6 is 0 Å². The van der Waals surface area contributed by atoms with E-state index in [1.165, 1.54) is 27.2 Å². The van der Waals surface area contributed by atoms with Gasteiger partial charge < -0.3 is 8.98 Å². The summed E-state index contributed by atoms with van der Waals surface area (Å²) in [5, 5.41) is 3.68. The molecule has 0 spiro atoms. The van der Waals surface area contributed by atoms with Gasteiger partial charge in [0.2, 0.25) is 5.71 Å². The number of hydrogen-bond acceptors (Lipinski definition) is 1. The predicted octanol–water partition coefficient (Wildman–Crippen LogP) is 6.94. The maximum atomic E-state index is 6.28. The maximum absolute atomic E-state index is 6.28. The molecule has 0 aliphatic rings. The molecule has 0 bridgehead atoms. The van der Waals surface area contributed by atoms with Crippen LogP contribution in [0.5, 0.6) is 0 Å². The van der Waals surface area contributed by atoms with Crippen molar-refractivity contribution in [2.24, 2.45) is 0 Å². The van der Waals surface area contributed by atoms with Crippen LogP contribution in [0.2, 0.25) is 0 Å². The molecule has 0 radical (unpaired) electrons. The SMILES string of the molecule is c1ccc(-n2c3ccccc3c3cc4c(cc32)oc2cc3ccccc3n24)cc1. The summed E-state index contributed by atoms with van der Waals surface area (Å²) in [7, 11) is 0. The molecule has 0 fully saturated rings. The van der Waals surface area contributed by atoms with E-state index in [1.807, 2.05) is 0 Å². The molecule has 0 saturated carbocycles. The topological polar surface area (TPSA) is 22.5 Å². The van der Waals surface area contributed by atoms with E-state index >= 15 is 0 Å². The predicted molar refractivity (Wildman–Crippen MR) is 119 cm³/mol. The van der Waals surface area contributed by atoms with Gasteiger partial charge in [0.15, 0.2) is 5.58 Å². The van der Waals surface area contributed by atoms with Crippen molar-refractivity contribution in [3.8, 4) is 5.69 Å². The highest BCUT2D eigenvalue weighted by atomic mass is 16.3. The van der Waals surface area contributed by atoms with Crippen LogP contribution in [0.3, 0.4) is 0 Å². The van der Waals surface area contributed by atoms with Crippen molar-refractivity contribution in [2.75, 3.05) is 0 Å². The van der Waals surface area contributed by atoms with Gasteiger partial charge in [0.1, 0.15) is 0 Å². The van der Waals surface area contributed by atoms with Crippen LogP contribution in [0, 0.1) is 0 Å². The Labute approximate surface area is 166 Å². The van der Waals surface area contributed by atoms with E-state index in [4.69, 9.17) is 4.42 Å². The Balaban J connectivity index is 1.70. The highest BCUT2D eigenvalue weighted by molar-refractivity contribution is 6.13. The molecule has 3 nitrogen and oxygen atoms in total. The molecule has 7 aromatic rings. The molecule has 3 heteroatoms. The van der Waals surface area contributed by atoms with E-state index < -0.39 is 0 Å². The highest BCUT2D eigenvalue weighted by Gasteiger charge is 2.17. The van der Waals surface area contributed by atoms with E-state index in [0.29, 0.717) is 0 Å². The Bertz CT molecular complexity index is 1700. The summed E-state index contributed by atoms with van der Waals surface area (Å²) in [6, 6.07) is 34.1. The Morgan fingerprint density at radius 1 is 0.552 bits per heavy atom. The molecule has 29 heavy (non-hydrogen) atoms. The van der Waals surface area contributed by atoms with Crippen molar-refractivity contribution in [3.05, 3.63) is 97.1 Å². The van der Waals surface area contributed by atoms with Crippen LogP contribution in [-0.4, -0.2) is 8.97 Å².